The summed E-state index contributed by atoms with van der Waals surface area (Å²) >= 11 is 0. The zero-order valence-corrected chi connectivity index (χ0v) is 18.3. The Bertz CT molecular complexity index is 1200. The number of rotatable bonds is 7. The van der Waals surface area contributed by atoms with Crippen LogP contribution in [-0.4, -0.2) is 61.2 Å². The van der Waals surface area contributed by atoms with Crippen molar-refractivity contribution in [3.05, 3.63) is 59.9 Å². The lowest BCUT2D eigenvalue weighted by Crippen LogP contribution is -2.37. The molecule has 1 atom stereocenters. The van der Waals surface area contributed by atoms with Crippen molar-refractivity contribution in [3.63, 3.8) is 0 Å². The number of ether oxygens (including phenoxy) is 2. The molecule has 0 radical (unpaired) electrons. The molecule has 4 rings (SSSR count). The summed E-state index contributed by atoms with van der Waals surface area (Å²) in [5.41, 5.74) is 1.47. The molecule has 1 amide bonds. The molecule has 1 aliphatic heterocycles. The Kier molecular flexibility index (Phi) is 5.97. The van der Waals surface area contributed by atoms with E-state index in [1.165, 1.54) is 4.40 Å². The Morgan fingerprint density at radius 3 is 2.84 bits per heavy atom. The fourth-order valence-electron chi connectivity index (χ4n) is 3.82. The van der Waals surface area contributed by atoms with Crippen molar-refractivity contribution in [1.29, 1.82) is 0 Å². The predicted molar refractivity (Wildman–Crippen MR) is 115 cm³/mol. The number of hydrogen-bond donors (Lipinski definition) is 0. The van der Waals surface area contributed by atoms with Crippen molar-refractivity contribution in [2.45, 2.75) is 30.6 Å². The highest BCUT2D eigenvalue weighted by atomic mass is 32.2. The van der Waals surface area contributed by atoms with Gasteiger partial charge in [-0.15, -0.1) is 0 Å². The van der Waals surface area contributed by atoms with E-state index in [2.05, 4.69) is 4.98 Å². The lowest BCUT2D eigenvalue weighted by molar-refractivity contribution is 0.0504. The Hall–Kier alpha value is -2.91. The molecule has 3 aromatic rings. The summed E-state index contributed by atoms with van der Waals surface area (Å²) in [4.78, 5) is 19.5. The van der Waals surface area contributed by atoms with Crippen LogP contribution in [0.15, 0.2) is 53.8 Å². The van der Waals surface area contributed by atoms with Gasteiger partial charge in [0, 0.05) is 32.1 Å². The molecule has 0 saturated carbocycles. The number of carbonyl (C=O) groups excluding carboxylic acids is 1. The number of benzene rings is 1. The van der Waals surface area contributed by atoms with Gasteiger partial charge in [0.2, 0.25) is 15.0 Å². The molecule has 1 saturated heterocycles. The number of amides is 1. The van der Waals surface area contributed by atoms with Gasteiger partial charge in [-0.2, -0.15) is 0 Å². The third-order valence-electron chi connectivity index (χ3n) is 5.29. The summed E-state index contributed by atoms with van der Waals surface area (Å²) in [6.07, 6.45) is 4.46. The molecule has 9 heteroatoms. The highest BCUT2D eigenvalue weighted by molar-refractivity contribution is 7.90. The van der Waals surface area contributed by atoms with Gasteiger partial charge in [-0.25, -0.2) is 13.4 Å². The maximum absolute atomic E-state index is 13.6. The van der Waals surface area contributed by atoms with Crippen molar-refractivity contribution in [2.75, 3.05) is 26.5 Å². The summed E-state index contributed by atoms with van der Waals surface area (Å²) in [7, 11) is -2.02. The highest BCUT2D eigenvalue weighted by Crippen LogP contribution is 2.23. The maximum Gasteiger partial charge on any atom is 0.275 e. The predicted octanol–water partition coefficient (Wildman–Crippen LogP) is 2.57. The molecule has 0 N–H and O–H groups in total. The number of fused-ring (bicyclic) bond motifs is 1. The fourth-order valence-corrected chi connectivity index (χ4v) is 4.60. The highest BCUT2D eigenvalue weighted by Gasteiger charge is 2.29. The first-order chi connectivity index (χ1) is 14.9. The van der Waals surface area contributed by atoms with E-state index < -0.39 is 9.84 Å². The molecule has 0 unspecified atom stereocenters. The SMILES string of the molecule is COc1cccc(CN(C[C@H]2CCCO2)C(=O)c2nc(S(C)(=O)=O)n3ccccc23)c1. The topological polar surface area (TPSA) is 90.2 Å². The van der Waals surface area contributed by atoms with Crippen LogP contribution in [-0.2, 0) is 21.1 Å². The Balaban J connectivity index is 1.73. The van der Waals surface area contributed by atoms with Gasteiger partial charge in [0.05, 0.1) is 18.7 Å². The molecular weight excluding hydrogens is 418 g/mol. The van der Waals surface area contributed by atoms with Crippen LogP contribution in [0, 0.1) is 0 Å². The molecule has 2 aromatic heterocycles. The lowest BCUT2D eigenvalue weighted by atomic mass is 10.1. The van der Waals surface area contributed by atoms with Crippen LogP contribution in [0.4, 0.5) is 0 Å². The standard InChI is InChI=1S/C22H25N3O5S/c1-29-17-8-5-7-16(13-17)14-24(15-18-9-6-12-30-18)21(26)20-19-10-3-4-11-25(19)22(23-20)31(2,27)28/h3-5,7-8,10-11,13,18H,6,9,12,14-15H2,1-2H3/t18-/m1/s1. The quantitative estimate of drug-likeness (QED) is 0.558. The molecule has 0 spiro atoms. The van der Waals surface area contributed by atoms with E-state index in [4.69, 9.17) is 9.47 Å². The van der Waals surface area contributed by atoms with Crippen LogP contribution < -0.4 is 4.74 Å². The summed E-state index contributed by atoms with van der Waals surface area (Å²) < 4.78 is 37.0. The molecular formula is C22H25N3O5S. The average molecular weight is 444 g/mol. The van der Waals surface area contributed by atoms with Crippen LogP contribution >= 0.6 is 0 Å². The second kappa shape index (κ2) is 8.68. The average Bonchev–Trinajstić information content (AvgIpc) is 3.40. The lowest BCUT2D eigenvalue weighted by Gasteiger charge is -2.25. The molecule has 0 aliphatic carbocycles. The number of pyridine rings is 1. The monoisotopic (exact) mass is 443 g/mol. The fraction of sp³-hybridized carbons (Fsp3) is 0.364. The number of nitrogens with zero attached hydrogens (tertiary/aromatic N) is 3. The summed E-state index contributed by atoms with van der Waals surface area (Å²) in [6.45, 7) is 1.41. The van der Waals surface area contributed by atoms with Gasteiger partial charge in [0.15, 0.2) is 5.69 Å². The number of sulfone groups is 1. The zero-order valence-electron chi connectivity index (χ0n) is 17.5. The maximum atomic E-state index is 13.6. The summed E-state index contributed by atoms with van der Waals surface area (Å²) in [5.74, 6) is 0.366. The van der Waals surface area contributed by atoms with Gasteiger partial charge >= 0.3 is 0 Å². The minimum Gasteiger partial charge on any atom is -0.497 e. The second-order valence-corrected chi connectivity index (χ2v) is 9.55. The smallest absolute Gasteiger partial charge is 0.275 e. The molecule has 164 valence electrons. The minimum absolute atomic E-state index is 0.0576. The first-order valence-electron chi connectivity index (χ1n) is 10.1. The number of aromatic nitrogens is 2. The van der Waals surface area contributed by atoms with Gasteiger partial charge in [-0.05, 0) is 42.7 Å². The molecule has 0 bridgehead atoms. The van der Waals surface area contributed by atoms with E-state index in [1.54, 1.807) is 36.4 Å². The number of imidazole rings is 1. The van der Waals surface area contributed by atoms with Crippen LogP contribution in [0.2, 0.25) is 0 Å². The van der Waals surface area contributed by atoms with Crippen LogP contribution in [0.1, 0.15) is 28.9 Å². The van der Waals surface area contributed by atoms with Gasteiger partial charge in [-0.3, -0.25) is 9.20 Å². The molecule has 8 nitrogen and oxygen atoms in total. The van der Waals surface area contributed by atoms with Crippen molar-refractivity contribution in [2.24, 2.45) is 0 Å². The van der Waals surface area contributed by atoms with Crippen molar-refractivity contribution < 1.29 is 22.7 Å². The first-order valence-corrected chi connectivity index (χ1v) is 12.0. The van der Waals surface area contributed by atoms with Gasteiger partial charge in [0.25, 0.3) is 5.91 Å². The third-order valence-corrected chi connectivity index (χ3v) is 6.24. The molecule has 1 aliphatic rings. The Morgan fingerprint density at radius 1 is 1.29 bits per heavy atom. The van der Waals surface area contributed by atoms with Crippen molar-refractivity contribution >= 4 is 21.3 Å². The van der Waals surface area contributed by atoms with E-state index in [0.717, 1.165) is 24.7 Å². The van der Waals surface area contributed by atoms with Crippen LogP contribution in [0.5, 0.6) is 5.75 Å². The Morgan fingerprint density at radius 2 is 2.13 bits per heavy atom. The summed E-state index contributed by atoms with van der Waals surface area (Å²) in [6, 6.07) is 12.7. The first kappa shape index (κ1) is 21.3. The largest absolute Gasteiger partial charge is 0.497 e. The van der Waals surface area contributed by atoms with E-state index >= 15 is 0 Å². The van der Waals surface area contributed by atoms with Crippen LogP contribution in [0.25, 0.3) is 5.52 Å². The second-order valence-electron chi connectivity index (χ2n) is 7.64. The van der Waals surface area contributed by atoms with Gasteiger partial charge < -0.3 is 14.4 Å². The molecule has 1 aromatic carbocycles. The zero-order chi connectivity index (χ0) is 22.0. The molecule has 3 heterocycles. The summed E-state index contributed by atoms with van der Waals surface area (Å²) in [5, 5.41) is -0.148. The van der Waals surface area contributed by atoms with E-state index in [-0.39, 0.29) is 22.9 Å². The number of methoxy groups -OCH3 is 1. The molecule has 1 fully saturated rings. The van der Waals surface area contributed by atoms with Crippen molar-refractivity contribution in [3.8, 4) is 5.75 Å². The Labute approximate surface area is 181 Å². The number of carbonyl (C=O) groups is 1. The van der Waals surface area contributed by atoms with Gasteiger partial charge in [-0.1, -0.05) is 18.2 Å². The normalized spacial score (nSPS) is 16.5. The van der Waals surface area contributed by atoms with E-state index in [9.17, 15) is 13.2 Å². The van der Waals surface area contributed by atoms with E-state index in [0.29, 0.717) is 31.0 Å². The molecule has 31 heavy (non-hydrogen) atoms. The van der Waals surface area contributed by atoms with E-state index in [1.807, 2.05) is 24.3 Å². The third kappa shape index (κ3) is 4.57. The van der Waals surface area contributed by atoms with Crippen molar-refractivity contribution in [1.82, 2.24) is 14.3 Å². The minimum atomic E-state index is -3.62. The van der Waals surface area contributed by atoms with Gasteiger partial charge in [0.1, 0.15) is 5.75 Å². The number of hydrogen-bond acceptors (Lipinski definition) is 6. The van der Waals surface area contributed by atoms with Crippen LogP contribution in [0.3, 0.4) is 0 Å².